The lowest BCUT2D eigenvalue weighted by molar-refractivity contribution is -0.148. The van der Waals surface area contributed by atoms with Gasteiger partial charge in [-0.05, 0) is 47.9 Å². The van der Waals surface area contributed by atoms with Crippen LogP contribution in [0, 0.1) is 0 Å². The number of likely N-dealkylation sites (tertiary alicyclic amines) is 1. The van der Waals surface area contributed by atoms with Gasteiger partial charge in [-0.3, -0.25) is 9.59 Å². The Hall–Kier alpha value is -3.39. The van der Waals surface area contributed by atoms with Crippen LogP contribution in [0.1, 0.15) is 49.1 Å². The fourth-order valence-corrected chi connectivity index (χ4v) is 5.64. The zero-order chi connectivity index (χ0) is 24.4. The fourth-order valence-electron chi connectivity index (χ4n) is 5.64. The average molecular weight is 479 g/mol. The summed E-state index contributed by atoms with van der Waals surface area (Å²) in [7, 11) is 0. The summed E-state index contributed by atoms with van der Waals surface area (Å²) >= 11 is 0. The SMILES string of the molecule is O=C(O)C[C@@H]1CCCCN1C(=O)C1OCCC1NC(=O)OCC1c2ccccc2-c2ccccc21. The van der Waals surface area contributed by atoms with Crippen LogP contribution in [0.15, 0.2) is 48.5 Å². The molecule has 0 bridgehead atoms. The predicted molar refractivity (Wildman–Crippen MR) is 128 cm³/mol. The van der Waals surface area contributed by atoms with Gasteiger partial charge in [-0.25, -0.2) is 4.79 Å². The highest BCUT2D eigenvalue weighted by Gasteiger charge is 2.41. The van der Waals surface area contributed by atoms with Crippen LogP contribution in [0.4, 0.5) is 4.79 Å². The molecule has 2 aromatic carbocycles. The molecule has 2 heterocycles. The quantitative estimate of drug-likeness (QED) is 0.658. The zero-order valence-electron chi connectivity index (χ0n) is 19.5. The van der Waals surface area contributed by atoms with E-state index in [4.69, 9.17) is 9.47 Å². The summed E-state index contributed by atoms with van der Waals surface area (Å²) < 4.78 is 11.3. The number of ether oxygens (including phenoxy) is 2. The molecular weight excluding hydrogens is 448 g/mol. The standard InChI is InChI=1S/C27H30N2O6/c30-24(31)15-17-7-5-6-13-29(17)26(32)25-23(12-14-34-25)28-27(33)35-16-22-20-10-3-1-8-18(20)19-9-2-4-11-21(19)22/h1-4,8-11,17,22-23,25H,5-7,12-16H2,(H,28,33)(H,30,31)/t17-,23?,25?/m0/s1. The molecule has 0 spiro atoms. The number of carboxylic acids is 1. The van der Waals surface area contributed by atoms with Gasteiger partial charge in [0.15, 0.2) is 6.10 Å². The van der Waals surface area contributed by atoms with E-state index in [1.165, 1.54) is 0 Å². The number of carbonyl (C=O) groups is 3. The number of fused-ring (bicyclic) bond motifs is 3. The van der Waals surface area contributed by atoms with Crippen molar-refractivity contribution in [2.24, 2.45) is 0 Å². The minimum Gasteiger partial charge on any atom is -0.481 e. The number of carboxylic acid groups (broad SMARTS) is 1. The Morgan fingerprint density at radius 2 is 1.69 bits per heavy atom. The van der Waals surface area contributed by atoms with Gasteiger partial charge in [0, 0.05) is 25.1 Å². The third kappa shape index (κ3) is 4.75. The number of rotatable bonds is 6. The van der Waals surface area contributed by atoms with Gasteiger partial charge in [0.05, 0.1) is 12.5 Å². The maximum Gasteiger partial charge on any atom is 0.407 e. The van der Waals surface area contributed by atoms with Crippen LogP contribution in [-0.4, -0.2) is 65.9 Å². The number of hydrogen-bond acceptors (Lipinski definition) is 5. The maximum absolute atomic E-state index is 13.2. The Labute approximate surface area is 204 Å². The van der Waals surface area contributed by atoms with Crippen molar-refractivity contribution in [3.05, 3.63) is 59.7 Å². The highest BCUT2D eigenvalue weighted by atomic mass is 16.6. The van der Waals surface area contributed by atoms with Gasteiger partial charge in [-0.15, -0.1) is 0 Å². The monoisotopic (exact) mass is 478 g/mol. The molecule has 5 rings (SSSR count). The second kappa shape index (κ2) is 10.1. The molecule has 1 aliphatic carbocycles. The molecule has 0 radical (unpaired) electrons. The van der Waals surface area contributed by atoms with Gasteiger partial charge < -0.3 is 24.8 Å². The Balaban J connectivity index is 1.22. The Morgan fingerprint density at radius 3 is 2.37 bits per heavy atom. The predicted octanol–water partition coefficient (Wildman–Crippen LogP) is 3.54. The molecule has 0 aromatic heterocycles. The number of nitrogens with one attached hydrogen (secondary N) is 1. The fraction of sp³-hybridized carbons (Fsp3) is 0.444. The van der Waals surface area contributed by atoms with Gasteiger partial charge >= 0.3 is 12.1 Å². The topological polar surface area (TPSA) is 105 Å². The molecule has 3 aliphatic rings. The van der Waals surface area contributed by atoms with Crippen LogP contribution in [0.25, 0.3) is 11.1 Å². The number of hydrogen-bond donors (Lipinski definition) is 2. The molecule has 2 unspecified atom stereocenters. The largest absolute Gasteiger partial charge is 0.481 e. The first kappa shape index (κ1) is 23.4. The van der Waals surface area contributed by atoms with Crippen molar-refractivity contribution >= 4 is 18.0 Å². The number of carbonyl (C=O) groups excluding carboxylic acids is 2. The molecule has 8 heteroatoms. The van der Waals surface area contributed by atoms with E-state index in [-0.39, 0.29) is 30.9 Å². The lowest BCUT2D eigenvalue weighted by Gasteiger charge is -2.37. The van der Waals surface area contributed by atoms with Crippen LogP contribution in [0.3, 0.4) is 0 Å². The summed E-state index contributed by atoms with van der Waals surface area (Å²) in [5.41, 5.74) is 4.58. The van der Waals surface area contributed by atoms with E-state index >= 15 is 0 Å². The van der Waals surface area contributed by atoms with E-state index in [1.54, 1.807) is 4.90 Å². The van der Waals surface area contributed by atoms with Crippen molar-refractivity contribution in [1.29, 1.82) is 0 Å². The second-order valence-electron chi connectivity index (χ2n) is 9.44. The Morgan fingerprint density at radius 1 is 1.00 bits per heavy atom. The number of amides is 2. The summed E-state index contributed by atoms with van der Waals surface area (Å²) in [4.78, 5) is 38.9. The number of alkyl carbamates (subject to hydrolysis) is 1. The van der Waals surface area contributed by atoms with E-state index in [0.29, 0.717) is 26.0 Å². The molecule has 184 valence electrons. The lowest BCUT2D eigenvalue weighted by Crippen LogP contribution is -2.54. The molecule has 2 saturated heterocycles. The van der Waals surface area contributed by atoms with E-state index in [2.05, 4.69) is 29.6 Å². The molecule has 2 aromatic rings. The molecule has 2 aliphatic heterocycles. The van der Waals surface area contributed by atoms with Crippen LogP contribution >= 0.6 is 0 Å². The van der Waals surface area contributed by atoms with Gasteiger partial charge in [0.1, 0.15) is 6.61 Å². The number of nitrogens with zero attached hydrogens (tertiary/aromatic N) is 1. The maximum atomic E-state index is 13.2. The van der Waals surface area contributed by atoms with E-state index < -0.39 is 24.2 Å². The molecular formula is C27H30N2O6. The highest BCUT2D eigenvalue weighted by Crippen LogP contribution is 2.44. The van der Waals surface area contributed by atoms with Crippen LogP contribution in [0.5, 0.6) is 0 Å². The minimum atomic E-state index is -0.921. The molecule has 2 N–H and O–H groups in total. The van der Waals surface area contributed by atoms with E-state index in [0.717, 1.165) is 35.1 Å². The Kier molecular flexibility index (Phi) is 6.72. The third-order valence-corrected chi connectivity index (χ3v) is 7.30. The smallest absolute Gasteiger partial charge is 0.407 e. The molecule has 8 nitrogen and oxygen atoms in total. The van der Waals surface area contributed by atoms with Gasteiger partial charge in [-0.2, -0.15) is 0 Å². The molecule has 0 saturated carbocycles. The van der Waals surface area contributed by atoms with Crippen LogP contribution < -0.4 is 5.32 Å². The number of benzene rings is 2. The first-order valence-corrected chi connectivity index (χ1v) is 12.3. The van der Waals surface area contributed by atoms with Gasteiger partial charge in [0.2, 0.25) is 0 Å². The van der Waals surface area contributed by atoms with Crippen molar-refractivity contribution in [3.63, 3.8) is 0 Å². The van der Waals surface area contributed by atoms with Gasteiger partial charge in [-0.1, -0.05) is 48.5 Å². The minimum absolute atomic E-state index is 0.0458. The first-order chi connectivity index (χ1) is 17.0. The molecule has 2 fully saturated rings. The molecule has 2 amide bonds. The van der Waals surface area contributed by atoms with Crippen molar-refractivity contribution in [2.45, 2.75) is 56.2 Å². The Bertz CT molecular complexity index is 1070. The third-order valence-electron chi connectivity index (χ3n) is 7.30. The van der Waals surface area contributed by atoms with Crippen molar-refractivity contribution < 1.29 is 29.0 Å². The molecule has 3 atom stereocenters. The number of piperidine rings is 1. The van der Waals surface area contributed by atoms with Crippen molar-refractivity contribution in [1.82, 2.24) is 10.2 Å². The number of aliphatic carboxylic acids is 1. The highest BCUT2D eigenvalue weighted by molar-refractivity contribution is 5.84. The summed E-state index contributed by atoms with van der Waals surface area (Å²) in [5, 5.41) is 12.1. The zero-order valence-corrected chi connectivity index (χ0v) is 19.5. The first-order valence-electron chi connectivity index (χ1n) is 12.3. The van der Waals surface area contributed by atoms with Crippen molar-refractivity contribution in [3.8, 4) is 11.1 Å². The van der Waals surface area contributed by atoms with Gasteiger partial charge in [0.25, 0.3) is 5.91 Å². The molecule has 35 heavy (non-hydrogen) atoms. The summed E-state index contributed by atoms with van der Waals surface area (Å²) in [6.45, 7) is 1.05. The van der Waals surface area contributed by atoms with Crippen LogP contribution in [-0.2, 0) is 19.1 Å². The van der Waals surface area contributed by atoms with Crippen LogP contribution in [0.2, 0.25) is 0 Å². The second-order valence-corrected chi connectivity index (χ2v) is 9.44. The summed E-state index contributed by atoms with van der Waals surface area (Å²) in [5.74, 6) is -1.22. The van der Waals surface area contributed by atoms with E-state index in [9.17, 15) is 19.5 Å². The van der Waals surface area contributed by atoms with Crippen molar-refractivity contribution in [2.75, 3.05) is 19.8 Å². The van der Waals surface area contributed by atoms with E-state index in [1.807, 2.05) is 24.3 Å². The normalized spacial score (nSPS) is 23.4. The summed E-state index contributed by atoms with van der Waals surface area (Å²) in [6, 6.07) is 15.4. The summed E-state index contributed by atoms with van der Waals surface area (Å²) in [6.07, 6.45) is 1.40. The lowest BCUT2D eigenvalue weighted by atomic mass is 9.97. The average Bonchev–Trinajstić information content (AvgIpc) is 3.45.